The van der Waals surface area contributed by atoms with Crippen molar-refractivity contribution in [2.24, 2.45) is 5.92 Å². The Morgan fingerprint density at radius 1 is 1.29 bits per heavy atom. The Kier molecular flexibility index (Phi) is 7.53. The largest absolute Gasteiger partial charge is 0.379 e. The smallest absolute Gasteiger partial charge is 0.226 e. The maximum atomic E-state index is 13.1. The number of hydrogen-bond donors (Lipinski definition) is 1. The van der Waals surface area contributed by atoms with Crippen LogP contribution in [0.15, 0.2) is 30.3 Å². The predicted octanol–water partition coefficient (Wildman–Crippen LogP) is 2.66. The summed E-state index contributed by atoms with van der Waals surface area (Å²) in [7, 11) is 0. The molecule has 0 spiro atoms. The normalized spacial score (nSPS) is 26.6. The number of carbonyl (C=O) groups is 1. The molecule has 2 aliphatic heterocycles. The lowest BCUT2D eigenvalue weighted by molar-refractivity contribution is -0.139. The molecule has 2 aliphatic rings. The Morgan fingerprint density at radius 2 is 2.08 bits per heavy atom. The molecule has 1 N–H and O–H groups in total. The summed E-state index contributed by atoms with van der Waals surface area (Å²) in [5, 5.41) is 3.44. The van der Waals surface area contributed by atoms with Crippen molar-refractivity contribution in [1.82, 2.24) is 10.2 Å². The van der Waals surface area contributed by atoms with E-state index in [9.17, 15) is 4.79 Å². The zero-order valence-corrected chi connectivity index (χ0v) is 15.3. The molecule has 4 nitrogen and oxygen atoms in total. The minimum atomic E-state index is 0. The number of nitrogens with zero attached hydrogens (tertiary/aromatic N) is 1. The molecule has 134 valence electrons. The van der Waals surface area contributed by atoms with E-state index < -0.39 is 0 Å². The van der Waals surface area contributed by atoms with Crippen LogP contribution in [0.3, 0.4) is 0 Å². The van der Waals surface area contributed by atoms with E-state index in [4.69, 9.17) is 4.74 Å². The van der Waals surface area contributed by atoms with Crippen LogP contribution in [0.25, 0.3) is 0 Å². The van der Waals surface area contributed by atoms with Crippen molar-refractivity contribution >= 4 is 18.3 Å². The lowest BCUT2D eigenvalue weighted by Gasteiger charge is -2.35. The minimum absolute atomic E-state index is 0. The molecule has 0 radical (unpaired) electrons. The Labute approximate surface area is 151 Å². The second-order valence-corrected chi connectivity index (χ2v) is 6.86. The summed E-state index contributed by atoms with van der Waals surface area (Å²) in [5.41, 5.74) is 1.29. The first-order chi connectivity index (χ1) is 11.2. The molecule has 2 saturated heterocycles. The molecule has 0 bridgehead atoms. The number of carbonyl (C=O) groups excluding carboxylic acids is 1. The Balaban J connectivity index is 0.00000208. The van der Waals surface area contributed by atoms with E-state index in [1.165, 1.54) is 5.56 Å². The summed E-state index contributed by atoms with van der Waals surface area (Å²) in [5.74, 6) is 0.507. The van der Waals surface area contributed by atoms with Crippen LogP contribution in [0.2, 0.25) is 0 Å². The highest BCUT2D eigenvalue weighted by molar-refractivity contribution is 5.85. The molecular weight excluding hydrogens is 324 g/mol. The molecule has 2 heterocycles. The molecule has 0 saturated carbocycles. The maximum absolute atomic E-state index is 13.1. The van der Waals surface area contributed by atoms with Gasteiger partial charge in [0.05, 0.1) is 12.6 Å². The van der Waals surface area contributed by atoms with Crippen LogP contribution in [-0.2, 0) is 16.0 Å². The van der Waals surface area contributed by atoms with Crippen molar-refractivity contribution in [3.63, 3.8) is 0 Å². The Hall–Kier alpha value is -1.10. The first kappa shape index (κ1) is 19.2. The number of piperidine rings is 1. The van der Waals surface area contributed by atoms with Gasteiger partial charge in [0.1, 0.15) is 0 Å². The molecule has 1 amide bonds. The zero-order chi connectivity index (χ0) is 16.1. The van der Waals surface area contributed by atoms with E-state index in [-0.39, 0.29) is 24.4 Å². The van der Waals surface area contributed by atoms with Gasteiger partial charge in [-0.15, -0.1) is 12.4 Å². The third-order valence-electron chi connectivity index (χ3n) is 5.09. The summed E-state index contributed by atoms with van der Waals surface area (Å²) in [6.07, 6.45) is 3.80. The van der Waals surface area contributed by atoms with Gasteiger partial charge in [0, 0.05) is 25.1 Å². The SMILES string of the molecule is C[C@H]1C[C@@H](C(=O)N(CCc2ccccc2)C2CCOC2)CCN1.Cl. The average Bonchev–Trinajstić information content (AvgIpc) is 3.10. The fourth-order valence-corrected chi connectivity index (χ4v) is 3.73. The molecule has 24 heavy (non-hydrogen) atoms. The quantitative estimate of drug-likeness (QED) is 0.885. The molecule has 5 heteroatoms. The number of benzene rings is 1. The van der Waals surface area contributed by atoms with Crippen molar-refractivity contribution in [2.75, 3.05) is 26.3 Å². The molecule has 0 aliphatic carbocycles. The van der Waals surface area contributed by atoms with E-state index in [2.05, 4.69) is 41.4 Å². The summed E-state index contributed by atoms with van der Waals surface area (Å²) in [6.45, 7) is 5.40. The first-order valence-corrected chi connectivity index (χ1v) is 8.89. The minimum Gasteiger partial charge on any atom is -0.379 e. The second-order valence-electron chi connectivity index (χ2n) is 6.86. The average molecular weight is 353 g/mol. The van der Waals surface area contributed by atoms with Gasteiger partial charge in [-0.2, -0.15) is 0 Å². The highest BCUT2D eigenvalue weighted by Gasteiger charge is 2.33. The van der Waals surface area contributed by atoms with Crippen LogP contribution in [0.4, 0.5) is 0 Å². The lowest BCUT2D eigenvalue weighted by atomic mass is 9.91. The summed E-state index contributed by atoms with van der Waals surface area (Å²) in [4.78, 5) is 15.2. The van der Waals surface area contributed by atoms with Gasteiger partial charge in [0.2, 0.25) is 5.91 Å². The number of halogens is 1. The van der Waals surface area contributed by atoms with E-state index in [1.807, 2.05) is 6.07 Å². The highest BCUT2D eigenvalue weighted by atomic mass is 35.5. The van der Waals surface area contributed by atoms with Crippen LogP contribution in [0.5, 0.6) is 0 Å². The number of rotatable bonds is 5. The molecule has 2 fully saturated rings. The molecule has 1 aromatic carbocycles. The van der Waals surface area contributed by atoms with Gasteiger partial charge in [-0.05, 0) is 44.7 Å². The van der Waals surface area contributed by atoms with Crippen LogP contribution >= 0.6 is 12.4 Å². The molecule has 1 aromatic rings. The van der Waals surface area contributed by atoms with Crippen molar-refractivity contribution in [3.8, 4) is 0 Å². The molecule has 3 atom stereocenters. The van der Waals surface area contributed by atoms with Gasteiger partial charge in [0.25, 0.3) is 0 Å². The van der Waals surface area contributed by atoms with Crippen molar-refractivity contribution in [2.45, 2.75) is 44.7 Å². The third-order valence-corrected chi connectivity index (χ3v) is 5.09. The molecule has 1 unspecified atom stereocenters. The monoisotopic (exact) mass is 352 g/mol. The Bertz CT molecular complexity index is 505. The molecular formula is C19H29ClN2O2. The number of amides is 1. The van der Waals surface area contributed by atoms with Crippen LogP contribution in [-0.4, -0.2) is 49.2 Å². The highest BCUT2D eigenvalue weighted by Crippen LogP contribution is 2.23. The van der Waals surface area contributed by atoms with Gasteiger partial charge in [-0.3, -0.25) is 4.79 Å². The van der Waals surface area contributed by atoms with Gasteiger partial charge < -0.3 is 15.0 Å². The van der Waals surface area contributed by atoms with Crippen LogP contribution in [0.1, 0.15) is 31.7 Å². The lowest BCUT2D eigenvalue weighted by Crippen LogP contribution is -2.48. The standard InChI is InChI=1S/C19H28N2O2.ClH/c1-15-13-17(7-10-20-15)19(22)21(18-9-12-23-14-18)11-8-16-5-3-2-4-6-16;/h2-6,15,17-18,20H,7-14H2,1H3;1H/t15-,17-,18?;/m0./s1. The van der Waals surface area contributed by atoms with Gasteiger partial charge in [-0.1, -0.05) is 30.3 Å². The van der Waals surface area contributed by atoms with Crippen molar-refractivity contribution < 1.29 is 9.53 Å². The van der Waals surface area contributed by atoms with Gasteiger partial charge in [-0.25, -0.2) is 0 Å². The fraction of sp³-hybridized carbons (Fsp3) is 0.632. The predicted molar refractivity (Wildman–Crippen MR) is 98.5 cm³/mol. The fourth-order valence-electron chi connectivity index (χ4n) is 3.73. The summed E-state index contributed by atoms with van der Waals surface area (Å²) >= 11 is 0. The first-order valence-electron chi connectivity index (χ1n) is 8.89. The van der Waals surface area contributed by atoms with Gasteiger partial charge in [0.15, 0.2) is 0 Å². The van der Waals surface area contributed by atoms with Crippen LogP contribution in [0, 0.1) is 5.92 Å². The third kappa shape index (κ3) is 4.95. The van der Waals surface area contributed by atoms with Gasteiger partial charge >= 0.3 is 0 Å². The molecule has 0 aromatic heterocycles. The number of ether oxygens (including phenoxy) is 1. The summed E-state index contributed by atoms with van der Waals surface area (Å²) < 4.78 is 5.54. The zero-order valence-electron chi connectivity index (χ0n) is 14.4. The molecule has 3 rings (SSSR count). The Morgan fingerprint density at radius 3 is 2.75 bits per heavy atom. The van der Waals surface area contributed by atoms with Crippen molar-refractivity contribution in [3.05, 3.63) is 35.9 Å². The second kappa shape index (κ2) is 9.40. The van der Waals surface area contributed by atoms with E-state index in [0.717, 1.165) is 45.4 Å². The number of nitrogens with one attached hydrogen (secondary N) is 1. The summed E-state index contributed by atoms with van der Waals surface area (Å²) in [6, 6.07) is 11.1. The topological polar surface area (TPSA) is 41.6 Å². The van der Waals surface area contributed by atoms with Crippen molar-refractivity contribution in [1.29, 1.82) is 0 Å². The van der Waals surface area contributed by atoms with Crippen LogP contribution < -0.4 is 5.32 Å². The van der Waals surface area contributed by atoms with E-state index in [0.29, 0.717) is 18.6 Å². The van der Waals surface area contributed by atoms with E-state index in [1.54, 1.807) is 0 Å². The maximum Gasteiger partial charge on any atom is 0.226 e. The number of hydrogen-bond acceptors (Lipinski definition) is 3. The van der Waals surface area contributed by atoms with E-state index >= 15 is 0 Å².